The van der Waals surface area contributed by atoms with E-state index in [0.29, 0.717) is 17.1 Å². The van der Waals surface area contributed by atoms with Crippen molar-refractivity contribution in [3.05, 3.63) is 35.7 Å². The predicted octanol–water partition coefficient (Wildman–Crippen LogP) is 4.62. The van der Waals surface area contributed by atoms with E-state index in [1.807, 2.05) is 13.8 Å². The molecule has 1 aromatic carbocycles. The summed E-state index contributed by atoms with van der Waals surface area (Å²) < 4.78 is 40.3. The Balaban J connectivity index is 3.18. The van der Waals surface area contributed by atoms with Crippen LogP contribution < -0.4 is 10.5 Å². The van der Waals surface area contributed by atoms with Crippen molar-refractivity contribution in [3.63, 3.8) is 0 Å². The van der Waals surface area contributed by atoms with Crippen molar-refractivity contribution in [1.82, 2.24) is 0 Å². The molecule has 136 valence electrons. The third-order valence-corrected chi connectivity index (χ3v) is 3.52. The second-order valence-electron chi connectivity index (χ2n) is 5.11. The minimum atomic E-state index is -4.74. The van der Waals surface area contributed by atoms with Gasteiger partial charge in [-0.2, -0.15) is 0 Å². The number of rotatable bonds is 7. The lowest BCUT2D eigenvalue weighted by Crippen LogP contribution is -2.17. The first kappa shape index (κ1) is 20.4. The van der Waals surface area contributed by atoms with Gasteiger partial charge in [0.1, 0.15) is 11.4 Å². The molecule has 0 amide bonds. The lowest BCUT2D eigenvalue weighted by Gasteiger charge is -2.15. The summed E-state index contributed by atoms with van der Waals surface area (Å²) in [6.45, 7) is 10.9. The molecule has 0 radical (unpaired) electrons. The standard InChI is InChI=1S/C17H21F3N4O/c1-5-11(6-2)14(21)15(22-3)16(23-4)24-12-7-9-13(10-8-12)25-17(18,19)20/h7-11H,3-6,21H2,1-2H3/b15-14+,24-16?. The van der Waals surface area contributed by atoms with E-state index in [0.717, 1.165) is 25.0 Å². The number of hydrogen-bond acceptors (Lipinski definition) is 4. The molecule has 0 saturated carbocycles. The molecule has 25 heavy (non-hydrogen) atoms. The highest BCUT2D eigenvalue weighted by Crippen LogP contribution is 2.26. The maximum Gasteiger partial charge on any atom is 0.573 e. The number of aliphatic imine (C=N–C) groups is 3. The monoisotopic (exact) mass is 354 g/mol. The molecule has 0 unspecified atom stereocenters. The molecule has 0 fully saturated rings. The van der Waals surface area contributed by atoms with Gasteiger partial charge >= 0.3 is 6.36 Å². The van der Waals surface area contributed by atoms with Crippen molar-refractivity contribution in [2.45, 2.75) is 33.1 Å². The number of amidine groups is 1. The molecule has 0 atom stereocenters. The highest BCUT2D eigenvalue weighted by Gasteiger charge is 2.30. The van der Waals surface area contributed by atoms with E-state index in [9.17, 15) is 13.2 Å². The summed E-state index contributed by atoms with van der Waals surface area (Å²) in [5.74, 6) is -0.0902. The molecule has 1 aromatic rings. The summed E-state index contributed by atoms with van der Waals surface area (Å²) in [5.41, 5.74) is 7.33. The van der Waals surface area contributed by atoms with Crippen molar-refractivity contribution in [3.8, 4) is 5.75 Å². The molecule has 0 aliphatic carbocycles. The van der Waals surface area contributed by atoms with Gasteiger partial charge in [-0.05, 0) is 50.5 Å². The quantitative estimate of drug-likeness (QED) is 0.573. The van der Waals surface area contributed by atoms with Crippen LogP contribution in [0.2, 0.25) is 0 Å². The van der Waals surface area contributed by atoms with E-state index in [2.05, 4.69) is 33.1 Å². The molecular formula is C17H21F3N4O. The van der Waals surface area contributed by atoms with E-state index < -0.39 is 6.36 Å². The van der Waals surface area contributed by atoms with Crippen LogP contribution in [0.3, 0.4) is 0 Å². The Kier molecular flexibility index (Phi) is 7.35. The minimum absolute atomic E-state index is 0.0926. The van der Waals surface area contributed by atoms with E-state index in [-0.39, 0.29) is 17.5 Å². The summed E-state index contributed by atoms with van der Waals surface area (Å²) in [4.78, 5) is 12.0. The summed E-state index contributed by atoms with van der Waals surface area (Å²) in [6, 6.07) is 5.03. The molecule has 1 rings (SSSR count). The van der Waals surface area contributed by atoms with Gasteiger partial charge in [-0.3, -0.25) is 4.99 Å². The van der Waals surface area contributed by atoms with Gasteiger partial charge in [-0.15, -0.1) is 13.2 Å². The molecule has 8 heteroatoms. The topological polar surface area (TPSA) is 72.3 Å². The summed E-state index contributed by atoms with van der Waals surface area (Å²) >= 11 is 0. The van der Waals surface area contributed by atoms with Crippen LogP contribution in [0.15, 0.2) is 50.6 Å². The SMILES string of the molecule is C=NC(=Nc1ccc(OC(F)(F)F)cc1)/C(N=C)=C(\N)C(CC)CC. The van der Waals surface area contributed by atoms with Crippen LogP contribution in [0, 0.1) is 5.92 Å². The number of benzene rings is 1. The fraction of sp³-hybridized carbons (Fsp3) is 0.353. The second kappa shape index (κ2) is 9.00. The van der Waals surface area contributed by atoms with E-state index in [1.54, 1.807) is 0 Å². The van der Waals surface area contributed by atoms with Crippen molar-refractivity contribution in [2.75, 3.05) is 0 Å². The Bertz CT molecular complexity index is 659. The largest absolute Gasteiger partial charge is 0.573 e. The number of alkyl halides is 3. The van der Waals surface area contributed by atoms with Gasteiger partial charge in [0.05, 0.1) is 5.69 Å². The maximum absolute atomic E-state index is 12.2. The maximum atomic E-state index is 12.2. The number of allylic oxidation sites excluding steroid dienone is 1. The summed E-state index contributed by atoms with van der Waals surface area (Å²) in [6.07, 6.45) is -3.12. The fourth-order valence-corrected chi connectivity index (χ4v) is 2.22. The molecule has 0 heterocycles. The van der Waals surface area contributed by atoms with Crippen LogP contribution >= 0.6 is 0 Å². The van der Waals surface area contributed by atoms with E-state index in [1.165, 1.54) is 12.1 Å². The molecule has 0 spiro atoms. The fourth-order valence-electron chi connectivity index (χ4n) is 2.22. The van der Waals surface area contributed by atoms with Crippen LogP contribution in [-0.2, 0) is 0 Å². The second-order valence-corrected chi connectivity index (χ2v) is 5.11. The predicted molar refractivity (Wildman–Crippen MR) is 94.6 cm³/mol. The van der Waals surface area contributed by atoms with Crippen LogP contribution in [0.1, 0.15) is 26.7 Å². The van der Waals surface area contributed by atoms with Crippen LogP contribution in [-0.4, -0.2) is 25.6 Å². The lowest BCUT2D eigenvalue weighted by molar-refractivity contribution is -0.274. The Morgan fingerprint density at radius 3 is 2.08 bits per heavy atom. The van der Waals surface area contributed by atoms with Crippen molar-refractivity contribution < 1.29 is 17.9 Å². The Hall–Kier alpha value is -2.64. The van der Waals surface area contributed by atoms with Gasteiger partial charge in [0.25, 0.3) is 0 Å². The molecule has 0 aliphatic heterocycles. The smallest absolute Gasteiger partial charge is 0.406 e. The molecule has 0 bridgehead atoms. The average molecular weight is 354 g/mol. The lowest BCUT2D eigenvalue weighted by atomic mass is 9.98. The number of nitrogens with two attached hydrogens (primary N) is 1. The van der Waals surface area contributed by atoms with Crippen molar-refractivity contribution in [2.24, 2.45) is 26.6 Å². The van der Waals surface area contributed by atoms with Gasteiger partial charge < -0.3 is 10.5 Å². The molecule has 0 saturated heterocycles. The number of nitrogens with zero attached hydrogens (tertiary/aromatic N) is 3. The van der Waals surface area contributed by atoms with Gasteiger partial charge in [0.15, 0.2) is 5.84 Å². The molecular weight excluding hydrogens is 333 g/mol. The van der Waals surface area contributed by atoms with E-state index >= 15 is 0 Å². The van der Waals surface area contributed by atoms with Crippen molar-refractivity contribution in [1.29, 1.82) is 0 Å². The third-order valence-electron chi connectivity index (χ3n) is 3.52. The highest BCUT2D eigenvalue weighted by molar-refractivity contribution is 6.03. The van der Waals surface area contributed by atoms with Gasteiger partial charge in [-0.1, -0.05) is 13.8 Å². The normalized spacial score (nSPS) is 13.4. The first-order valence-electron chi connectivity index (χ1n) is 7.63. The zero-order valence-corrected chi connectivity index (χ0v) is 14.2. The highest BCUT2D eigenvalue weighted by atomic mass is 19.4. The van der Waals surface area contributed by atoms with Gasteiger partial charge in [0.2, 0.25) is 0 Å². The Morgan fingerprint density at radius 2 is 1.68 bits per heavy atom. The third kappa shape index (κ3) is 6.06. The summed E-state index contributed by atoms with van der Waals surface area (Å²) in [7, 11) is 0. The molecule has 5 nitrogen and oxygen atoms in total. The minimum Gasteiger partial charge on any atom is -0.406 e. The van der Waals surface area contributed by atoms with Gasteiger partial charge in [0, 0.05) is 11.6 Å². The van der Waals surface area contributed by atoms with Gasteiger partial charge in [-0.25, -0.2) is 9.98 Å². The number of halogens is 3. The first-order valence-corrected chi connectivity index (χ1v) is 7.63. The summed E-state index contributed by atoms with van der Waals surface area (Å²) in [5, 5.41) is 0. The molecule has 0 aliphatic rings. The first-order chi connectivity index (χ1) is 11.8. The average Bonchev–Trinajstić information content (AvgIpc) is 2.56. The van der Waals surface area contributed by atoms with Crippen molar-refractivity contribution >= 4 is 25.0 Å². The van der Waals surface area contributed by atoms with E-state index in [4.69, 9.17) is 5.73 Å². The number of hydrogen-bond donors (Lipinski definition) is 1. The Morgan fingerprint density at radius 1 is 1.12 bits per heavy atom. The van der Waals surface area contributed by atoms with Crippen LogP contribution in [0.25, 0.3) is 0 Å². The molecule has 2 N–H and O–H groups in total. The van der Waals surface area contributed by atoms with Crippen LogP contribution in [0.5, 0.6) is 5.75 Å². The zero-order chi connectivity index (χ0) is 19.0. The zero-order valence-electron chi connectivity index (χ0n) is 14.2. The Labute approximate surface area is 144 Å². The molecule has 0 aromatic heterocycles. The number of ether oxygens (including phenoxy) is 1. The van der Waals surface area contributed by atoms with Crippen LogP contribution in [0.4, 0.5) is 18.9 Å².